The third kappa shape index (κ3) is 7.67. The zero-order valence-electron chi connectivity index (χ0n) is 12.0. The van der Waals surface area contributed by atoms with Crippen molar-refractivity contribution in [3.05, 3.63) is 0 Å². The van der Waals surface area contributed by atoms with E-state index in [1.807, 2.05) is 11.8 Å². The molecule has 3 N–H and O–H groups in total. The molecule has 0 fully saturated rings. The number of hydrogen-bond acceptors (Lipinski definition) is 3. The van der Waals surface area contributed by atoms with Crippen LogP contribution in [-0.2, 0) is 4.79 Å². The number of nitrogens with two attached hydrogens (primary N) is 1. The van der Waals surface area contributed by atoms with E-state index in [2.05, 4.69) is 6.92 Å². The Morgan fingerprint density at radius 3 is 2.28 bits per heavy atom. The first kappa shape index (κ1) is 17.4. The van der Waals surface area contributed by atoms with E-state index >= 15 is 0 Å². The lowest BCUT2D eigenvalue weighted by molar-refractivity contribution is -0.132. The number of hydrogen-bond donors (Lipinski definition) is 2. The fourth-order valence-electron chi connectivity index (χ4n) is 1.91. The number of rotatable bonds is 11. The van der Waals surface area contributed by atoms with Crippen LogP contribution in [0.2, 0.25) is 0 Å². The Kier molecular flexibility index (Phi) is 11.1. The van der Waals surface area contributed by atoms with Crippen LogP contribution in [0.5, 0.6) is 0 Å². The quantitative estimate of drug-likeness (QED) is 0.556. The average Bonchev–Trinajstić information content (AvgIpc) is 2.40. The number of carbonyl (C=O) groups excluding carboxylic acids is 1. The summed E-state index contributed by atoms with van der Waals surface area (Å²) in [5, 5.41) is 8.87. The van der Waals surface area contributed by atoms with Crippen LogP contribution in [0.4, 0.5) is 0 Å². The molecule has 0 heterocycles. The van der Waals surface area contributed by atoms with Crippen molar-refractivity contribution in [3.63, 3.8) is 0 Å². The van der Waals surface area contributed by atoms with Gasteiger partial charge in [-0.15, -0.1) is 0 Å². The minimum absolute atomic E-state index is 0.0291. The maximum absolute atomic E-state index is 12.0. The molecule has 0 aromatic heterocycles. The summed E-state index contributed by atoms with van der Waals surface area (Å²) in [7, 11) is 0. The van der Waals surface area contributed by atoms with E-state index in [0.29, 0.717) is 19.4 Å². The highest BCUT2D eigenvalue weighted by atomic mass is 16.3. The lowest BCUT2D eigenvalue weighted by Gasteiger charge is -2.25. The van der Waals surface area contributed by atoms with E-state index in [-0.39, 0.29) is 18.6 Å². The third-order valence-corrected chi connectivity index (χ3v) is 3.19. The Morgan fingerprint density at radius 2 is 1.72 bits per heavy atom. The van der Waals surface area contributed by atoms with E-state index in [4.69, 9.17) is 10.8 Å². The molecule has 0 aromatic carbocycles. The summed E-state index contributed by atoms with van der Waals surface area (Å²) in [6.07, 6.45) is 7.23. The molecule has 1 atom stereocenters. The van der Waals surface area contributed by atoms with Gasteiger partial charge in [0.25, 0.3) is 0 Å². The molecular weight excluding hydrogens is 228 g/mol. The summed E-state index contributed by atoms with van der Waals surface area (Å²) in [5.41, 5.74) is 5.79. The summed E-state index contributed by atoms with van der Waals surface area (Å²) >= 11 is 0. The first-order valence-corrected chi connectivity index (χ1v) is 7.32. The Morgan fingerprint density at radius 1 is 1.11 bits per heavy atom. The predicted molar refractivity (Wildman–Crippen MR) is 75.3 cm³/mol. The normalized spacial score (nSPS) is 12.4. The van der Waals surface area contributed by atoms with Crippen molar-refractivity contribution in [3.8, 4) is 0 Å². The maximum atomic E-state index is 12.0. The predicted octanol–water partition coefficient (Wildman–Crippen LogP) is 1.91. The topological polar surface area (TPSA) is 66.6 Å². The van der Waals surface area contributed by atoms with E-state index in [1.165, 1.54) is 19.3 Å². The van der Waals surface area contributed by atoms with Gasteiger partial charge < -0.3 is 15.7 Å². The molecule has 1 unspecified atom stereocenters. The first-order chi connectivity index (χ1) is 8.67. The molecule has 1 amide bonds. The molecule has 4 heteroatoms. The average molecular weight is 258 g/mol. The summed E-state index contributed by atoms with van der Waals surface area (Å²) < 4.78 is 0. The highest BCUT2D eigenvalue weighted by molar-refractivity contribution is 5.81. The lowest BCUT2D eigenvalue weighted by Crippen LogP contribution is -2.44. The molecule has 18 heavy (non-hydrogen) atoms. The Hall–Kier alpha value is -0.610. The van der Waals surface area contributed by atoms with Gasteiger partial charge in [-0.1, -0.05) is 39.5 Å². The SMILES string of the molecule is CCCCCCCN(CCCO)C(=O)C(N)CC. The minimum atomic E-state index is -0.390. The van der Waals surface area contributed by atoms with Crippen LogP contribution < -0.4 is 5.73 Å². The van der Waals surface area contributed by atoms with Crippen LogP contribution in [-0.4, -0.2) is 41.7 Å². The van der Waals surface area contributed by atoms with Crippen molar-refractivity contribution in [2.75, 3.05) is 19.7 Å². The highest BCUT2D eigenvalue weighted by Crippen LogP contribution is 2.06. The summed E-state index contributed by atoms with van der Waals surface area (Å²) in [6.45, 7) is 5.64. The molecule has 4 nitrogen and oxygen atoms in total. The monoisotopic (exact) mass is 258 g/mol. The van der Waals surface area contributed by atoms with Crippen LogP contribution >= 0.6 is 0 Å². The molecule has 0 aliphatic carbocycles. The Balaban J connectivity index is 4.02. The number of amides is 1. The van der Waals surface area contributed by atoms with E-state index in [0.717, 1.165) is 19.4 Å². The Bertz CT molecular complexity index is 210. The fourth-order valence-corrected chi connectivity index (χ4v) is 1.91. The van der Waals surface area contributed by atoms with Gasteiger partial charge in [-0.2, -0.15) is 0 Å². The fraction of sp³-hybridized carbons (Fsp3) is 0.929. The van der Waals surface area contributed by atoms with Gasteiger partial charge in [-0.05, 0) is 19.3 Å². The van der Waals surface area contributed by atoms with Crippen LogP contribution in [0, 0.1) is 0 Å². The first-order valence-electron chi connectivity index (χ1n) is 7.32. The van der Waals surface area contributed by atoms with Crippen LogP contribution in [0.25, 0.3) is 0 Å². The second kappa shape index (κ2) is 11.5. The standard InChI is InChI=1S/C14H30N2O2/c1-3-5-6-7-8-10-16(11-9-12-17)14(18)13(15)4-2/h13,17H,3-12,15H2,1-2H3. The van der Waals surface area contributed by atoms with E-state index in [1.54, 1.807) is 0 Å². The van der Waals surface area contributed by atoms with Gasteiger partial charge in [-0.3, -0.25) is 4.79 Å². The molecule has 0 aromatic rings. The largest absolute Gasteiger partial charge is 0.396 e. The van der Waals surface area contributed by atoms with E-state index < -0.39 is 0 Å². The zero-order valence-corrected chi connectivity index (χ0v) is 12.0. The van der Waals surface area contributed by atoms with Crippen molar-refractivity contribution in [1.82, 2.24) is 4.90 Å². The van der Waals surface area contributed by atoms with Crippen molar-refractivity contribution < 1.29 is 9.90 Å². The molecule has 0 bridgehead atoms. The van der Waals surface area contributed by atoms with Gasteiger partial charge in [0, 0.05) is 19.7 Å². The molecule has 0 aliphatic heterocycles. The summed E-state index contributed by atoms with van der Waals surface area (Å²) in [6, 6.07) is -0.390. The molecular formula is C14H30N2O2. The van der Waals surface area contributed by atoms with Gasteiger partial charge in [-0.25, -0.2) is 0 Å². The minimum Gasteiger partial charge on any atom is -0.396 e. The summed E-state index contributed by atoms with van der Waals surface area (Å²) in [5.74, 6) is 0.0291. The molecule has 0 saturated carbocycles. The second-order valence-electron chi connectivity index (χ2n) is 4.83. The molecule has 0 radical (unpaired) electrons. The molecule has 0 spiro atoms. The van der Waals surface area contributed by atoms with Gasteiger partial charge >= 0.3 is 0 Å². The van der Waals surface area contributed by atoms with Crippen molar-refractivity contribution >= 4 is 5.91 Å². The van der Waals surface area contributed by atoms with Crippen LogP contribution in [0.15, 0.2) is 0 Å². The highest BCUT2D eigenvalue weighted by Gasteiger charge is 2.18. The molecule has 0 aliphatic rings. The molecule has 0 rings (SSSR count). The number of unbranched alkanes of at least 4 members (excludes halogenated alkanes) is 4. The number of carbonyl (C=O) groups is 1. The van der Waals surface area contributed by atoms with Gasteiger partial charge in [0.05, 0.1) is 6.04 Å². The smallest absolute Gasteiger partial charge is 0.239 e. The van der Waals surface area contributed by atoms with Crippen molar-refractivity contribution in [2.24, 2.45) is 5.73 Å². The zero-order chi connectivity index (χ0) is 13.8. The van der Waals surface area contributed by atoms with Crippen LogP contribution in [0.1, 0.15) is 58.8 Å². The lowest BCUT2D eigenvalue weighted by atomic mass is 10.1. The number of aliphatic hydroxyl groups excluding tert-OH is 1. The van der Waals surface area contributed by atoms with Crippen LogP contribution in [0.3, 0.4) is 0 Å². The second-order valence-corrected chi connectivity index (χ2v) is 4.83. The molecule has 0 saturated heterocycles. The summed E-state index contributed by atoms with van der Waals surface area (Å²) in [4.78, 5) is 13.8. The molecule has 108 valence electrons. The van der Waals surface area contributed by atoms with Gasteiger partial charge in [0.15, 0.2) is 0 Å². The van der Waals surface area contributed by atoms with Crippen molar-refractivity contribution in [1.29, 1.82) is 0 Å². The maximum Gasteiger partial charge on any atom is 0.239 e. The van der Waals surface area contributed by atoms with Crippen molar-refractivity contribution in [2.45, 2.75) is 64.8 Å². The Labute approximate surface area is 112 Å². The number of nitrogens with zero attached hydrogens (tertiary/aromatic N) is 1. The van der Waals surface area contributed by atoms with E-state index in [9.17, 15) is 4.79 Å². The van der Waals surface area contributed by atoms with Gasteiger partial charge in [0.2, 0.25) is 5.91 Å². The van der Waals surface area contributed by atoms with Gasteiger partial charge in [0.1, 0.15) is 0 Å². The number of aliphatic hydroxyl groups is 1. The third-order valence-electron chi connectivity index (χ3n) is 3.19.